The summed E-state index contributed by atoms with van der Waals surface area (Å²) in [5, 5.41) is 1.82. The molecule has 3 rings (SSSR count). The van der Waals surface area contributed by atoms with Gasteiger partial charge in [-0.25, -0.2) is 4.39 Å². The Kier molecular flexibility index (Phi) is 3.69. The van der Waals surface area contributed by atoms with Crippen LogP contribution in [-0.2, 0) is 6.54 Å². The Morgan fingerprint density at radius 3 is 3.00 bits per heavy atom. The van der Waals surface area contributed by atoms with Crippen LogP contribution in [0.2, 0.25) is 0 Å². The van der Waals surface area contributed by atoms with E-state index in [0.717, 1.165) is 5.52 Å². The number of nitrogens with zero attached hydrogens (tertiary/aromatic N) is 2. The lowest BCUT2D eigenvalue weighted by Crippen LogP contribution is -2.16. The minimum absolute atomic E-state index is 0.280. The molecule has 0 fully saturated rings. The summed E-state index contributed by atoms with van der Waals surface area (Å²) in [4.78, 5) is 17.2. The van der Waals surface area contributed by atoms with Gasteiger partial charge in [-0.3, -0.25) is 4.79 Å². The van der Waals surface area contributed by atoms with Gasteiger partial charge in [-0.05, 0) is 29.6 Å². The van der Waals surface area contributed by atoms with Crippen molar-refractivity contribution in [3.05, 3.63) is 51.2 Å². The van der Waals surface area contributed by atoms with Crippen molar-refractivity contribution in [2.24, 2.45) is 4.99 Å². The first-order valence-electron chi connectivity index (χ1n) is 6.04. The molecule has 0 saturated carbocycles. The van der Waals surface area contributed by atoms with Gasteiger partial charge in [-0.15, -0.1) is 17.8 Å². The molecule has 2 heterocycles. The number of fused-ring (bicyclic) bond motifs is 1. The Bertz CT molecular complexity index is 913. The van der Waals surface area contributed by atoms with Crippen molar-refractivity contribution in [2.45, 2.75) is 6.54 Å². The first-order valence-corrected chi connectivity index (χ1v) is 7.73. The van der Waals surface area contributed by atoms with Crippen LogP contribution in [0.1, 0.15) is 9.67 Å². The van der Waals surface area contributed by atoms with E-state index in [0.29, 0.717) is 14.4 Å². The van der Waals surface area contributed by atoms with Crippen LogP contribution in [0.5, 0.6) is 0 Å². The number of aromatic nitrogens is 1. The normalized spacial score (nSPS) is 11.7. The summed E-state index contributed by atoms with van der Waals surface area (Å²) < 4.78 is 15.8. The molecule has 0 aliphatic carbocycles. The fraction of sp³-hybridized carbons (Fsp3) is 0.0667. The maximum absolute atomic E-state index is 13.3. The Labute approximate surface area is 128 Å². The third-order valence-electron chi connectivity index (χ3n) is 2.82. The van der Waals surface area contributed by atoms with Gasteiger partial charge in [0.05, 0.1) is 21.6 Å². The van der Waals surface area contributed by atoms with E-state index < -0.39 is 0 Å². The average molecular weight is 316 g/mol. The summed E-state index contributed by atoms with van der Waals surface area (Å²) in [6, 6.07) is 7.94. The monoisotopic (exact) mass is 316 g/mol. The molecule has 0 atom stereocenters. The summed E-state index contributed by atoms with van der Waals surface area (Å²) in [5.41, 5.74) is 0.775. The molecule has 3 aromatic rings. The highest BCUT2D eigenvalue weighted by atomic mass is 32.1. The lowest BCUT2D eigenvalue weighted by Gasteiger charge is -1.99. The fourth-order valence-electron chi connectivity index (χ4n) is 1.92. The Balaban J connectivity index is 2.19. The van der Waals surface area contributed by atoms with E-state index in [9.17, 15) is 9.18 Å². The molecule has 21 heavy (non-hydrogen) atoms. The standard InChI is InChI=1S/C15H9FN2OS2/c1-2-7-18-11-6-5-10(16)9-13(11)21-15(18)17-14(19)12-4-3-8-20-12/h1,3-6,8-9H,7H2. The second-order valence-corrected chi connectivity index (χ2v) is 6.14. The maximum Gasteiger partial charge on any atom is 0.289 e. The van der Waals surface area contributed by atoms with Gasteiger partial charge in [0.1, 0.15) is 5.82 Å². The highest BCUT2D eigenvalue weighted by molar-refractivity contribution is 7.16. The van der Waals surface area contributed by atoms with Crippen molar-refractivity contribution >= 4 is 38.8 Å². The topological polar surface area (TPSA) is 34.4 Å². The summed E-state index contributed by atoms with van der Waals surface area (Å²) in [5.74, 6) is 1.89. The largest absolute Gasteiger partial charge is 0.305 e. The zero-order valence-corrected chi connectivity index (χ0v) is 12.4. The van der Waals surface area contributed by atoms with Gasteiger partial charge in [-0.2, -0.15) is 4.99 Å². The first kappa shape index (κ1) is 13.7. The molecule has 0 N–H and O–H groups in total. The number of thiophene rings is 1. The van der Waals surface area contributed by atoms with Gasteiger partial charge in [0.15, 0.2) is 4.80 Å². The predicted octanol–water partition coefficient (Wildman–Crippen LogP) is 3.28. The van der Waals surface area contributed by atoms with Crippen molar-refractivity contribution in [3.63, 3.8) is 0 Å². The van der Waals surface area contributed by atoms with Crippen molar-refractivity contribution in [2.75, 3.05) is 0 Å². The third-order valence-corrected chi connectivity index (χ3v) is 4.72. The summed E-state index contributed by atoms with van der Waals surface area (Å²) in [6.45, 7) is 0.280. The van der Waals surface area contributed by atoms with Crippen molar-refractivity contribution in [1.29, 1.82) is 0 Å². The van der Waals surface area contributed by atoms with E-state index in [2.05, 4.69) is 10.9 Å². The summed E-state index contributed by atoms with van der Waals surface area (Å²) in [7, 11) is 0. The molecule has 0 bridgehead atoms. The van der Waals surface area contributed by atoms with E-state index in [1.54, 1.807) is 22.8 Å². The zero-order chi connectivity index (χ0) is 14.8. The minimum Gasteiger partial charge on any atom is -0.305 e. The predicted molar refractivity (Wildman–Crippen MR) is 82.8 cm³/mol. The van der Waals surface area contributed by atoms with Crippen LogP contribution in [0, 0.1) is 18.2 Å². The number of amides is 1. The Hall–Kier alpha value is -2.23. The van der Waals surface area contributed by atoms with E-state index in [4.69, 9.17) is 6.42 Å². The van der Waals surface area contributed by atoms with Crippen LogP contribution < -0.4 is 4.80 Å². The maximum atomic E-state index is 13.3. The number of benzene rings is 1. The number of halogens is 1. The van der Waals surface area contributed by atoms with E-state index in [1.807, 2.05) is 5.38 Å². The minimum atomic E-state index is -0.326. The highest BCUT2D eigenvalue weighted by Crippen LogP contribution is 2.19. The van der Waals surface area contributed by atoms with E-state index >= 15 is 0 Å². The second kappa shape index (κ2) is 5.64. The van der Waals surface area contributed by atoms with Crippen molar-refractivity contribution in [1.82, 2.24) is 4.57 Å². The van der Waals surface area contributed by atoms with Crippen molar-refractivity contribution in [3.8, 4) is 12.3 Å². The third kappa shape index (κ3) is 2.66. The first-order chi connectivity index (χ1) is 10.2. The molecule has 1 amide bonds. The SMILES string of the molecule is C#CCn1c(=NC(=O)c2cccs2)sc2cc(F)ccc21. The van der Waals surface area contributed by atoms with Gasteiger partial charge >= 0.3 is 0 Å². The quantitative estimate of drug-likeness (QED) is 0.668. The van der Waals surface area contributed by atoms with Crippen LogP contribution >= 0.6 is 22.7 Å². The summed E-state index contributed by atoms with van der Waals surface area (Å²) in [6.07, 6.45) is 5.37. The van der Waals surface area contributed by atoms with E-state index in [1.165, 1.54) is 34.8 Å². The number of terminal acetylenes is 1. The zero-order valence-electron chi connectivity index (χ0n) is 10.7. The molecular weight excluding hydrogens is 307 g/mol. The molecule has 104 valence electrons. The smallest absolute Gasteiger partial charge is 0.289 e. The molecule has 0 spiro atoms. The molecule has 0 unspecified atom stereocenters. The van der Waals surface area contributed by atoms with E-state index in [-0.39, 0.29) is 18.3 Å². The van der Waals surface area contributed by atoms with Crippen molar-refractivity contribution < 1.29 is 9.18 Å². The number of rotatable bonds is 2. The molecule has 6 heteroatoms. The van der Waals surface area contributed by atoms with Crippen LogP contribution in [0.3, 0.4) is 0 Å². The molecule has 2 aromatic heterocycles. The molecule has 0 radical (unpaired) electrons. The lowest BCUT2D eigenvalue weighted by atomic mass is 10.3. The van der Waals surface area contributed by atoms with Gasteiger partial charge in [0.25, 0.3) is 5.91 Å². The number of carbonyl (C=O) groups is 1. The second-order valence-electron chi connectivity index (χ2n) is 4.18. The molecule has 1 aromatic carbocycles. The number of thiazole rings is 1. The van der Waals surface area contributed by atoms with Gasteiger partial charge < -0.3 is 4.57 Å². The molecule has 0 saturated heterocycles. The molecular formula is C15H9FN2OS2. The number of hydrogen-bond acceptors (Lipinski definition) is 3. The average Bonchev–Trinajstić information content (AvgIpc) is 3.08. The Morgan fingerprint density at radius 2 is 2.29 bits per heavy atom. The van der Waals surface area contributed by atoms with Crippen LogP contribution in [0.15, 0.2) is 40.7 Å². The molecule has 0 aliphatic heterocycles. The van der Waals surface area contributed by atoms with Gasteiger partial charge in [-0.1, -0.05) is 23.3 Å². The highest BCUT2D eigenvalue weighted by Gasteiger charge is 2.09. The Morgan fingerprint density at radius 1 is 1.43 bits per heavy atom. The van der Waals surface area contributed by atoms with Gasteiger partial charge in [0, 0.05) is 0 Å². The lowest BCUT2D eigenvalue weighted by molar-refractivity contribution is 0.100. The summed E-state index contributed by atoms with van der Waals surface area (Å²) >= 11 is 2.58. The van der Waals surface area contributed by atoms with Crippen LogP contribution in [-0.4, -0.2) is 10.5 Å². The molecule has 3 nitrogen and oxygen atoms in total. The molecule has 0 aliphatic rings. The number of hydrogen-bond donors (Lipinski definition) is 0. The van der Waals surface area contributed by atoms with Gasteiger partial charge in [0.2, 0.25) is 0 Å². The van der Waals surface area contributed by atoms with Crippen LogP contribution in [0.4, 0.5) is 4.39 Å². The van der Waals surface area contributed by atoms with Crippen LogP contribution in [0.25, 0.3) is 10.2 Å². The fourth-order valence-corrected chi connectivity index (χ4v) is 3.58. The number of carbonyl (C=O) groups excluding carboxylic acids is 1.